The fraction of sp³-hybridized carbons (Fsp3) is 0.0556. The van der Waals surface area contributed by atoms with Crippen molar-refractivity contribution in [2.24, 2.45) is 0 Å². The third-order valence-corrected chi connectivity index (χ3v) is 3.45. The Bertz CT molecular complexity index is 737. The van der Waals surface area contributed by atoms with E-state index < -0.39 is 5.63 Å². The first-order valence-corrected chi connectivity index (χ1v) is 6.68. The maximum absolute atomic E-state index is 12.1. The predicted octanol–water partition coefficient (Wildman–Crippen LogP) is 3.53. The Balaban J connectivity index is 2.25. The molecule has 3 nitrogen and oxygen atoms in total. The number of rotatable bonds is 3. The first-order chi connectivity index (χ1) is 10.3. The van der Waals surface area contributed by atoms with Crippen LogP contribution in [-0.2, 0) is 0 Å². The van der Waals surface area contributed by atoms with E-state index in [1.54, 1.807) is 0 Å². The zero-order chi connectivity index (χ0) is 14.7. The molecule has 0 aliphatic rings. The lowest BCUT2D eigenvalue weighted by Crippen LogP contribution is -2.14. The second-order valence-electron chi connectivity index (χ2n) is 4.76. The van der Waals surface area contributed by atoms with Crippen molar-refractivity contribution < 1.29 is 9.52 Å². The first kappa shape index (κ1) is 13.2. The molecule has 3 rings (SSSR count). The van der Waals surface area contributed by atoms with Crippen molar-refractivity contribution in [1.29, 1.82) is 0 Å². The summed E-state index contributed by atoms with van der Waals surface area (Å²) in [7, 11) is 0. The number of hydrogen-bond acceptors (Lipinski definition) is 3. The van der Waals surface area contributed by atoms with Crippen molar-refractivity contribution in [3.63, 3.8) is 0 Å². The normalized spacial score (nSPS) is 10.7. The second kappa shape index (κ2) is 5.67. The maximum Gasteiger partial charge on any atom is 0.343 e. The van der Waals surface area contributed by atoms with E-state index in [9.17, 15) is 9.90 Å². The van der Waals surface area contributed by atoms with Gasteiger partial charge in [-0.05, 0) is 11.1 Å². The monoisotopic (exact) mass is 278 g/mol. The number of benzene rings is 2. The van der Waals surface area contributed by atoms with Crippen LogP contribution in [0.1, 0.15) is 22.6 Å². The topological polar surface area (TPSA) is 50.4 Å². The SMILES string of the molecule is O=c1occc(O)c1C(c1ccccc1)c1ccccc1. The van der Waals surface area contributed by atoms with Gasteiger partial charge in [0.15, 0.2) is 0 Å². The van der Waals surface area contributed by atoms with Gasteiger partial charge in [0.2, 0.25) is 0 Å². The van der Waals surface area contributed by atoms with Crippen molar-refractivity contribution in [1.82, 2.24) is 0 Å². The minimum absolute atomic E-state index is 0.0519. The van der Waals surface area contributed by atoms with Gasteiger partial charge in [-0.25, -0.2) is 4.79 Å². The molecule has 0 unspecified atom stereocenters. The van der Waals surface area contributed by atoms with E-state index in [0.29, 0.717) is 0 Å². The van der Waals surface area contributed by atoms with Crippen LogP contribution in [0.15, 0.2) is 82.2 Å². The molecule has 0 atom stereocenters. The highest BCUT2D eigenvalue weighted by atomic mass is 16.4. The van der Waals surface area contributed by atoms with Gasteiger partial charge in [0.1, 0.15) is 5.75 Å². The van der Waals surface area contributed by atoms with Gasteiger partial charge >= 0.3 is 5.63 Å². The lowest BCUT2D eigenvalue weighted by molar-refractivity contribution is 0.433. The van der Waals surface area contributed by atoms with Crippen LogP contribution in [0.2, 0.25) is 0 Å². The smallest absolute Gasteiger partial charge is 0.343 e. The average Bonchev–Trinajstić information content (AvgIpc) is 2.53. The zero-order valence-corrected chi connectivity index (χ0v) is 11.3. The molecule has 3 aromatic rings. The first-order valence-electron chi connectivity index (χ1n) is 6.68. The van der Waals surface area contributed by atoms with Crippen LogP contribution in [0.4, 0.5) is 0 Å². The minimum atomic E-state index is -0.521. The quantitative estimate of drug-likeness (QED) is 0.797. The Morgan fingerprint density at radius 2 is 1.33 bits per heavy atom. The van der Waals surface area contributed by atoms with Crippen LogP contribution in [0.3, 0.4) is 0 Å². The standard InChI is InChI=1S/C18H14O3/c19-15-11-12-21-18(20)17(15)16(13-7-3-1-4-8-13)14-9-5-2-6-10-14/h1-12,16,19H. The van der Waals surface area contributed by atoms with Gasteiger partial charge in [0, 0.05) is 12.0 Å². The Labute approximate surface area is 122 Å². The predicted molar refractivity (Wildman–Crippen MR) is 80.5 cm³/mol. The van der Waals surface area contributed by atoms with E-state index in [4.69, 9.17) is 4.42 Å². The summed E-state index contributed by atoms with van der Waals surface area (Å²) < 4.78 is 4.95. The van der Waals surface area contributed by atoms with E-state index in [1.807, 2.05) is 60.7 Å². The molecule has 21 heavy (non-hydrogen) atoms. The minimum Gasteiger partial charge on any atom is -0.507 e. The van der Waals surface area contributed by atoms with Crippen LogP contribution >= 0.6 is 0 Å². The van der Waals surface area contributed by atoms with Crippen LogP contribution in [0.25, 0.3) is 0 Å². The molecule has 0 fully saturated rings. The average molecular weight is 278 g/mol. The molecule has 0 amide bonds. The molecule has 0 saturated heterocycles. The number of hydrogen-bond donors (Lipinski definition) is 1. The Morgan fingerprint density at radius 3 is 1.81 bits per heavy atom. The summed E-state index contributed by atoms with van der Waals surface area (Å²) in [6.07, 6.45) is 1.20. The third kappa shape index (κ3) is 2.58. The zero-order valence-electron chi connectivity index (χ0n) is 11.3. The second-order valence-corrected chi connectivity index (χ2v) is 4.76. The Morgan fingerprint density at radius 1 is 0.810 bits per heavy atom. The van der Waals surface area contributed by atoms with E-state index in [2.05, 4.69) is 0 Å². The van der Waals surface area contributed by atoms with Crippen molar-refractivity contribution in [3.05, 3.63) is 100 Å². The molecule has 1 aromatic heterocycles. The van der Waals surface area contributed by atoms with Crippen molar-refractivity contribution in [3.8, 4) is 5.75 Å². The molecule has 1 heterocycles. The molecule has 0 aliphatic carbocycles. The van der Waals surface area contributed by atoms with Gasteiger partial charge in [-0.2, -0.15) is 0 Å². The van der Waals surface area contributed by atoms with Gasteiger partial charge in [0.05, 0.1) is 11.8 Å². The maximum atomic E-state index is 12.1. The molecule has 1 N–H and O–H groups in total. The molecule has 0 aliphatic heterocycles. The van der Waals surface area contributed by atoms with Gasteiger partial charge < -0.3 is 9.52 Å². The molecule has 104 valence electrons. The Kier molecular flexibility index (Phi) is 3.56. The van der Waals surface area contributed by atoms with Gasteiger partial charge in [0.25, 0.3) is 0 Å². The van der Waals surface area contributed by atoms with Crippen molar-refractivity contribution in [2.45, 2.75) is 5.92 Å². The van der Waals surface area contributed by atoms with E-state index in [-0.39, 0.29) is 17.2 Å². The largest absolute Gasteiger partial charge is 0.507 e. The third-order valence-electron chi connectivity index (χ3n) is 3.45. The molecule has 0 bridgehead atoms. The summed E-state index contributed by atoms with van der Waals surface area (Å²) in [5, 5.41) is 10.1. The molecule has 0 saturated carbocycles. The molecule has 0 radical (unpaired) electrons. The van der Waals surface area contributed by atoms with Crippen LogP contribution < -0.4 is 5.63 Å². The van der Waals surface area contributed by atoms with Crippen molar-refractivity contribution >= 4 is 0 Å². The lowest BCUT2D eigenvalue weighted by Gasteiger charge is -2.18. The van der Waals surface area contributed by atoms with Gasteiger partial charge in [-0.3, -0.25) is 0 Å². The summed E-state index contributed by atoms with van der Waals surface area (Å²) in [6, 6.07) is 20.6. The van der Waals surface area contributed by atoms with E-state index in [1.165, 1.54) is 12.3 Å². The summed E-state index contributed by atoms with van der Waals surface area (Å²) in [5.74, 6) is -0.409. The van der Waals surface area contributed by atoms with Gasteiger partial charge in [-0.15, -0.1) is 0 Å². The van der Waals surface area contributed by atoms with Crippen molar-refractivity contribution in [2.75, 3.05) is 0 Å². The van der Waals surface area contributed by atoms with Crippen LogP contribution in [0, 0.1) is 0 Å². The summed E-state index contributed by atoms with van der Waals surface area (Å²) in [4.78, 5) is 12.1. The van der Waals surface area contributed by atoms with E-state index >= 15 is 0 Å². The summed E-state index contributed by atoms with van der Waals surface area (Å²) in [5.41, 5.74) is 1.60. The summed E-state index contributed by atoms with van der Waals surface area (Å²) >= 11 is 0. The highest BCUT2D eigenvalue weighted by Crippen LogP contribution is 2.34. The molecule has 3 heteroatoms. The van der Waals surface area contributed by atoms with Crippen LogP contribution in [0.5, 0.6) is 5.75 Å². The molecule has 0 spiro atoms. The van der Waals surface area contributed by atoms with Crippen LogP contribution in [-0.4, -0.2) is 5.11 Å². The molecule has 2 aromatic carbocycles. The molecular formula is C18H14O3. The highest BCUT2D eigenvalue weighted by molar-refractivity contribution is 5.46. The highest BCUT2D eigenvalue weighted by Gasteiger charge is 2.23. The Hall–Kier alpha value is -2.81. The fourth-order valence-electron chi connectivity index (χ4n) is 2.50. The molecular weight excluding hydrogens is 264 g/mol. The lowest BCUT2D eigenvalue weighted by atomic mass is 9.85. The fourth-order valence-corrected chi connectivity index (χ4v) is 2.50. The number of aromatic hydroxyl groups is 1. The van der Waals surface area contributed by atoms with E-state index in [0.717, 1.165) is 11.1 Å². The van der Waals surface area contributed by atoms with Gasteiger partial charge in [-0.1, -0.05) is 60.7 Å². The summed E-state index contributed by atoms with van der Waals surface area (Å²) in [6.45, 7) is 0.